The second kappa shape index (κ2) is 8.27. The second-order valence-corrected chi connectivity index (χ2v) is 9.28. The van der Waals surface area contributed by atoms with E-state index in [0.29, 0.717) is 36.0 Å². The Hall–Kier alpha value is -2.98. The van der Waals surface area contributed by atoms with Crippen molar-refractivity contribution in [1.82, 2.24) is 9.21 Å². The molecule has 0 bridgehead atoms. The van der Waals surface area contributed by atoms with Gasteiger partial charge in [0.2, 0.25) is 15.8 Å². The second-order valence-electron chi connectivity index (χ2n) is 7.37. The Morgan fingerprint density at radius 3 is 2.48 bits per heavy atom. The van der Waals surface area contributed by atoms with Crippen molar-refractivity contribution in [3.63, 3.8) is 0 Å². The largest absolute Gasteiger partial charge is 0.507 e. The fourth-order valence-corrected chi connectivity index (χ4v) is 5.27. The summed E-state index contributed by atoms with van der Waals surface area (Å²) in [6.45, 7) is 3.26. The van der Waals surface area contributed by atoms with Gasteiger partial charge in [-0.3, -0.25) is 4.79 Å². The molecule has 2 aromatic carbocycles. The molecule has 0 saturated carbocycles. The topological polar surface area (TPSA) is 106 Å². The Morgan fingerprint density at radius 1 is 1.06 bits per heavy atom. The highest BCUT2D eigenvalue weighted by atomic mass is 32.2. The highest BCUT2D eigenvalue weighted by molar-refractivity contribution is 7.89. The van der Waals surface area contributed by atoms with Gasteiger partial charge in [0.05, 0.1) is 7.11 Å². The lowest BCUT2D eigenvalue weighted by Crippen LogP contribution is -2.50. The summed E-state index contributed by atoms with van der Waals surface area (Å²) in [6.07, 6.45) is 0. The minimum Gasteiger partial charge on any atom is -0.507 e. The van der Waals surface area contributed by atoms with Crippen LogP contribution >= 0.6 is 0 Å². The molecule has 1 saturated heterocycles. The molecule has 2 aliphatic rings. The van der Waals surface area contributed by atoms with Crippen LogP contribution < -0.4 is 14.2 Å². The van der Waals surface area contributed by atoms with Crippen molar-refractivity contribution in [3.8, 4) is 23.0 Å². The molecule has 2 aromatic rings. The van der Waals surface area contributed by atoms with E-state index in [1.54, 1.807) is 30.0 Å². The number of amides is 1. The fraction of sp³-hybridized carbons (Fsp3) is 0.381. The molecule has 0 atom stereocenters. The van der Waals surface area contributed by atoms with Crippen molar-refractivity contribution in [2.24, 2.45) is 0 Å². The number of hydrogen-bond acceptors (Lipinski definition) is 7. The molecule has 0 aliphatic carbocycles. The predicted octanol–water partition coefficient (Wildman–Crippen LogP) is 1.63. The minimum atomic E-state index is -3.86. The number of phenolic OH excluding ortho intramolecular Hbond substituents is 1. The Balaban J connectivity index is 1.50. The molecule has 0 unspecified atom stereocenters. The van der Waals surface area contributed by atoms with Crippen LogP contribution in [-0.2, 0) is 10.0 Å². The van der Waals surface area contributed by atoms with Crippen molar-refractivity contribution in [2.75, 3.05) is 46.5 Å². The molecule has 2 aliphatic heterocycles. The Bertz CT molecular complexity index is 1090. The number of carbonyl (C=O) groups is 1. The van der Waals surface area contributed by atoms with Crippen molar-refractivity contribution in [3.05, 3.63) is 41.5 Å². The molecule has 2 heterocycles. The van der Waals surface area contributed by atoms with E-state index in [-0.39, 0.29) is 42.7 Å². The molecule has 0 spiro atoms. The first-order chi connectivity index (χ1) is 14.8. The molecule has 10 heteroatoms. The van der Waals surface area contributed by atoms with Gasteiger partial charge in [0, 0.05) is 31.7 Å². The van der Waals surface area contributed by atoms with Gasteiger partial charge in [0.25, 0.3) is 5.91 Å². The smallest absolute Gasteiger partial charge is 0.254 e. The predicted molar refractivity (Wildman–Crippen MR) is 111 cm³/mol. The number of benzene rings is 2. The lowest BCUT2D eigenvalue weighted by Gasteiger charge is -2.34. The van der Waals surface area contributed by atoms with Gasteiger partial charge >= 0.3 is 0 Å². The molecule has 0 radical (unpaired) electrons. The molecule has 0 aromatic heterocycles. The molecular formula is C21H24N2O7S. The van der Waals surface area contributed by atoms with Crippen LogP contribution in [0.15, 0.2) is 35.2 Å². The van der Waals surface area contributed by atoms with Gasteiger partial charge in [0.15, 0.2) is 11.5 Å². The zero-order chi connectivity index (χ0) is 22.2. The molecule has 31 heavy (non-hydrogen) atoms. The zero-order valence-electron chi connectivity index (χ0n) is 17.3. The van der Waals surface area contributed by atoms with E-state index in [2.05, 4.69) is 0 Å². The van der Waals surface area contributed by atoms with E-state index in [4.69, 9.17) is 14.2 Å². The number of carbonyl (C=O) groups excluding carboxylic acids is 1. The Kier molecular flexibility index (Phi) is 5.67. The monoisotopic (exact) mass is 448 g/mol. The summed E-state index contributed by atoms with van der Waals surface area (Å²) in [7, 11) is -2.37. The normalized spacial score (nSPS) is 16.8. The van der Waals surface area contributed by atoms with Crippen LogP contribution in [0.25, 0.3) is 0 Å². The van der Waals surface area contributed by atoms with E-state index < -0.39 is 10.0 Å². The highest BCUT2D eigenvalue weighted by Gasteiger charge is 2.33. The average Bonchev–Trinajstić information content (AvgIpc) is 2.79. The number of ether oxygens (including phenoxy) is 3. The van der Waals surface area contributed by atoms with Crippen molar-refractivity contribution >= 4 is 15.9 Å². The van der Waals surface area contributed by atoms with Gasteiger partial charge in [-0.15, -0.1) is 0 Å². The molecule has 1 amide bonds. The number of piperazine rings is 1. The van der Waals surface area contributed by atoms with Crippen molar-refractivity contribution in [1.29, 1.82) is 0 Å². The quantitative estimate of drug-likeness (QED) is 0.758. The van der Waals surface area contributed by atoms with Gasteiger partial charge in [-0.1, -0.05) is 6.07 Å². The third-order valence-corrected chi connectivity index (χ3v) is 7.26. The molecule has 4 rings (SSSR count). The van der Waals surface area contributed by atoms with Crippen LogP contribution in [0.4, 0.5) is 0 Å². The molecule has 166 valence electrons. The number of nitrogens with zero attached hydrogens (tertiary/aromatic N) is 2. The summed E-state index contributed by atoms with van der Waals surface area (Å²) in [4.78, 5) is 14.5. The Morgan fingerprint density at radius 2 is 1.77 bits per heavy atom. The first kappa shape index (κ1) is 21.3. The van der Waals surface area contributed by atoms with Crippen molar-refractivity contribution < 1.29 is 32.5 Å². The van der Waals surface area contributed by atoms with Crippen molar-refractivity contribution in [2.45, 2.75) is 11.8 Å². The van der Waals surface area contributed by atoms with Crippen LogP contribution in [0.1, 0.15) is 15.9 Å². The van der Waals surface area contributed by atoms with E-state index in [1.165, 1.54) is 23.5 Å². The summed E-state index contributed by atoms with van der Waals surface area (Å²) in [5.41, 5.74) is 1.12. The lowest BCUT2D eigenvalue weighted by atomic mass is 10.1. The number of sulfonamides is 1. The number of aromatic hydroxyl groups is 1. The molecule has 9 nitrogen and oxygen atoms in total. The summed E-state index contributed by atoms with van der Waals surface area (Å²) in [6, 6.07) is 7.68. The van der Waals surface area contributed by atoms with Gasteiger partial charge in [0.1, 0.15) is 23.9 Å². The number of methoxy groups -OCH3 is 1. The van der Waals surface area contributed by atoms with Crippen LogP contribution in [0.3, 0.4) is 0 Å². The average molecular weight is 448 g/mol. The van der Waals surface area contributed by atoms with Gasteiger partial charge < -0.3 is 24.2 Å². The zero-order valence-corrected chi connectivity index (χ0v) is 18.1. The molecule has 1 N–H and O–H groups in total. The van der Waals surface area contributed by atoms with Crippen LogP contribution in [-0.4, -0.2) is 75.1 Å². The third-order valence-electron chi connectivity index (χ3n) is 5.33. The molecule has 1 fully saturated rings. The number of rotatable bonds is 4. The number of aryl methyl sites for hydroxylation is 1. The maximum Gasteiger partial charge on any atom is 0.254 e. The van der Waals surface area contributed by atoms with E-state index in [0.717, 1.165) is 5.56 Å². The summed E-state index contributed by atoms with van der Waals surface area (Å²) in [5, 5.41) is 10.0. The number of hydrogen-bond donors (Lipinski definition) is 1. The highest BCUT2D eigenvalue weighted by Crippen LogP contribution is 2.40. The van der Waals surface area contributed by atoms with Gasteiger partial charge in [-0.25, -0.2) is 8.42 Å². The first-order valence-electron chi connectivity index (χ1n) is 9.88. The maximum atomic E-state index is 13.0. The van der Waals surface area contributed by atoms with Crippen LogP contribution in [0.2, 0.25) is 0 Å². The summed E-state index contributed by atoms with van der Waals surface area (Å²) in [5.74, 6) is 0.805. The third kappa shape index (κ3) is 4.00. The standard InChI is InChI=1S/C21H24N2O7S/c1-14-3-4-16(24)19(11-14)31(26,27)23-7-5-22(6-8-23)21(25)15-12-17(28-2)20-18(13-15)29-9-10-30-20/h3-4,11-13,24H,5-10H2,1-2H3. The summed E-state index contributed by atoms with van der Waals surface area (Å²) >= 11 is 0. The number of fused-ring (bicyclic) bond motifs is 1. The number of phenols is 1. The van der Waals surface area contributed by atoms with Gasteiger partial charge in [-0.2, -0.15) is 4.31 Å². The Labute approximate surface area is 180 Å². The fourth-order valence-electron chi connectivity index (χ4n) is 3.68. The first-order valence-corrected chi connectivity index (χ1v) is 11.3. The van der Waals surface area contributed by atoms with E-state index in [1.807, 2.05) is 0 Å². The van der Waals surface area contributed by atoms with Gasteiger partial charge in [-0.05, 0) is 36.8 Å². The lowest BCUT2D eigenvalue weighted by molar-refractivity contribution is 0.0696. The van der Waals surface area contributed by atoms with E-state index >= 15 is 0 Å². The van der Waals surface area contributed by atoms with Crippen LogP contribution in [0.5, 0.6) is 23.0 Å². The SMILES string of the molecule is COc1cc(C(=O)N2CCN(S(=O)(=O)c3cc(C)ccc3O)CC2)cc2c1OCCO2. The summed E-state index contributed by atoms with van der Waals surface area (Å²) < 4.78 is 43.7. The van der Waals surface area contributed by atoms with Crippen LogP contribution in [0, 0.1) is 6.92 Å². The van der Waals surface area contributed by atoms with E-state index in [9.17, 15) is 18.3 Å². The minimum absolute atomic E-state index is 0.121. The maximum absolute atomic E-state index is 13.0. The molecular weight excluding hydrogens is 424 g/mol.